The van der Waals surface area contributed by atoms with Crippen molar-refractivity contribution in [1.82, 2.24) is 9.80 Å². The molecule has 0 unspecified atom stereocenters. The molecule has 0 radical (unpaired) electrons. The minimum absolute atomic E-state index is 0.0751. The number of methoxy groups -OCH3 is 1. The maximum atomic E-state index is 13.2. The van der Waals surface area contributed by atoms with Crippen molar-refractivity contribution in [3.05, 3.63) is 64.4 Å². The summed E-state index contributed by atoms with van der Waals surface area (Å²) >= 11 is 5.98. The number of nitrogens with one attached hydrogen (secondary N) is 1. The number of carbonyl (C=O) groups excluding carboxylic acids is 3. The van der Waals surface area contributed by atoms with Gasteiger partial charge in [0.15, 0.2) is 0 Å². The quantitative estimate of drug-likeness (QED) is 0.733. The molecule has 0 aliphatic carbocycles. The van der Waals surface area contributed by atoms with Crippen LogP contribution < -0.4 is 5.32 Å². The smallest absolute Gasteiger partial charge is 0.339 e. The van der Waals surface area contributed by atoms with Gasteiger partial charge < -0.3 is 15.0 Å². The Morgan fingerprint density at radius 2 is 1.77 bits per heavy atom. The third-order valence-corrected chi connectivity index (χ3v) is 5.11. The molecular weight excluding hydrogens is 413 g/mol. The number of para-hydroxylation sites is 1. The number of ether oxygens (including phenoxy) is 1. The Bertz CT molecular complexity index is 961. The average molecular weight is 434 g/mol. The van der Waals surface area contributed by atoms with Crippen molar-refractivity contribution in [2.45, 2.75) is 0 Å². The summed E-state index contributed by atoms with van der Waals surface area (Å²) < 4.78 is 17.9. The summed E-state index contributed by atoms with van der Waals surface area (Å²) in [5.74, 6) is -1.57. The predicted octanol–water partition coefficient (Wildman–Crippen LogP) is 2.66. The van der Waals surface area contributed by atoms with E-state index in [1.807, 2.05) is 4.90 Å². The number of nitrogens with zero attached hydrogens (tertiary/aromatic N) is 2. The molecule has 1 saturated heterocycles. The molecule has 158 valence electrons. The van der Waals surface area contributed by atoms with Gasteiger partial charge >= 0.3 is 5.97 Å². The molecule has 1 aliphatic rings. The zero-order valence-electron chi connectivity index (χ0n) is 16.4. The number of halogens is 2. The lowest BCUT2D eigenvalue weighted by molar-refractivity contribution is -0.117. The first-order valence-corrected chi connectivity index (χ1v) is 9.70. The molecule has 1 heterocycles. The van der Waals surface area contributed by atoms with E-state index >= 15 is 0 Å². The molecule has 9 heteroatoms. The van der Waals surface area contributed by atoms with Gasteiger partial charge in [-0.1, -0.05) is 23.7 Å². The van der Waals surface area contributed by atoms with Crippen molar-refractivity contribution in [2.75, 3.05) is 45.2 Å². The van der Waals surface area contributed by atoms with Crippen LogP contribution in [0.15, 0.2) is 42.5 Å². The van der Waals surface area contributed by atoms with Crippen molar-refractivity contribution in [1.29, 1.82) is 0 Å². The number of hydrogen-bond acceptors (Lipinski definition) is 5. The van der Waals surface area contributed by atoms with Crippen LogP contribution in [0.25, 0.3) is 0 Å². The molecule has 0 bridgehead atoms. The second kappa shape index (κ2) is 9.69. The zero-order valence-corrected chi connectivity index (χ0v) is 17.1. The van der Waals surface area contributed by atoms with Gasteiger partial charge in [-0.3, -0.25) is 14.5 Å². The molecule has 2 aromatic carbocycles. The highest BCUT2D eigenvalue weighted by Crippen LogP contribution is 2.20. The highest BCUT2D eigenvalue weighted by Gasteiger charge is 2.25. The number of benzene rings is 2. The van der Waals surface area contributed by atoms with Crippen LogP contribution >= 0.6 is 11.6 Å². The topological polar surface area (TPSA) is 79.0 Å². The van der Waals surface area contributed by atoms with Gasteiger partial charge in [0, 0.05) is 26.2 Å². The lowest BCUT2D eigenvalue weighted by atomic mass is 10.1. The third kappa shape index (κ3) is 5.14. The van der Waals surface area contributed by atoms with Crippen molar-refractivity contribution >= 4 is 35.1 Å². The molecule has 0 atom stereocenters. The molecule has 7 nitrogen and oxygen atoms in total. The Labute approximate surface area is 178 Å². The monoisotopic (exact) mass is 433 g/mol. The van der Waals surface area contributed by atoms with Crippen LogP contribution in [-0.4, -0.2) is 67.4 Å². The van der Waals surface area contributed by atoms with Crippen LogP contribution in [0.5, 0.6) is 0 Å². The number of anilines is 1. The van der Waals surface area contributed by atoms with E-state index in [1.54, 1.807) is 29.2 Å². The molecular formula is C21H21ClFN3O4. The van der Waals surface area contributed by atoms with Gasteiger partial charge in [-0.2, -0.15) is 0 Å². The minimum Gasteiger partial charge on any atom is -0.465 e. The Kier molecular flexibility index (Phi) is 7.02. The number of piperazine rings is 1. The highest BCUT2D eigenvalue weighted by atomic mass is 35.5. The number of hydrogen-bond donors (Lipinski definition) is 1. The summed E-state index contributed by atoms with van der Waals surface area (Å²) in [6.07, 6.45) is 0. The molecule has 2 amide bonds. The minimum atomic E-state index is -0.530. The van der Waals surface area contributed by atoms with Crippen molar-refractivity contribution in [3.63, 3.8) is 0 Å². The number of rotatable bonds is 5. The highest BCUT2D eigenvalue weighted by molar-refractivity contribution is 6.33. The Balaban J connectivity index is 1.54. The summed E-state index contributed by atoms with van der Waals surface area (Å²) in [6, 6.07) is 10.3. The van der Waals surface area contributed by atoms with Crippen LogP contribution in [0, 0.1) is 5.82 Å². The molecule has 0 spiro atoms. The molecule has 1 aliphatic heterocycles. The van der Waals surface area contributed by atoms with E-state index in [0.717, 1.165) is 6.07 Å². The van der Waals surface area contributed by atoms with Gasteiger partial charge in [0.2, 0.25) is 5.91 Å². The summed E-state index contributed by atoms with van der Waals surface area (Å²) in [5.41, 5.74) is 0.915. The van der Waals surface area contributed by atoms with Gasteiger partial charge in [-0.25, -0.2) is 9.18 Å². The molecule has 2 aromatic rings. The van der Waals surface area contributed by atoms with Gasteiger partial charge in [-0.15, -0.1) is 0 Å². The van der Waals surface area contributed by atoms with Crippen LogP contribution in [0.1, 0.15) is 20.7 Å². The SMILES string of the molecule is COC(=O)c1ccccc1NC(=O)CN1CCN(C(=O)c2ccc(F)cc2Cl)CC1. The molecule has 0 saturated carbocycles. The van der Waals surface area contributed by atoms with Crippen molar-refractivity contribution < 1.29 is 23.5 Å². The second-order valence-electron chi connectivity index (χ2n) is 6.78. The van der Waals surface area contributed by atoms with Gasteiger partial charge in [0.1, 0.15) is 5.82 Å². The van der Waals surface area contributed by atoms with Crippen LogP contribution in [0.2, 0.25) is 5.02 Å². The van der Waals surface area contributed by atoms with Gasteiger partial charge in [0.05, 0.1) is 35.5 Å². The second-order valence-corrected chi connectivity index (χ2v) is 7.19. The number of carbonyl (C=O) groups is 3. The fraction of sp³-hybridized carbons (Fsp3) is 0.286. The van der Waals surface area contributed by atoms with Crippen molar-refractivity contribution in [2.24, 2.45) is 0 Å². The number of amides is 2. The first-order chi connectivity index (χ1) is 14.4. The van der Waals surface area contributed by atoms with E-state index in [4.69, 9.17) is 16.3 Å². The fourth-order valence-corrected chi connectivity index (χ4v) is 3.46. The summed E-state index contributed by atoms with van der Waals surface area (Å²) in [4.78, 5) is 40.4. The maximum Gasteiger partial charge on any atom is 0.339 e. The first kappa shape index (κ1) is 21.7. The number of esters is 1. The van der Waals surface area contributed by atoms with Gasteiger partial charge in [0.25, 0.3) is 5.91 Å². The largest absolute Gasteiger partial charge is 0.465 e. The standard InChI is InChI=1S/C21H21ClFN3O4/c1-30-21(29)16-4-2-3-5-18(16)24-19(27)13-25-8-10-26(11-9-25)20(28)15-7-6-14(23)12-17(15)22/h2-7,12H,8-11,13H2,1H3,(H,24,27). The normalized spacial score (nSPS) is 14.3. The van der Waals surface area contributed by atoms with E-state index in [1.165, 1.54) is 19.2 Å². The van der Waals surface area contributed by atoms with Crippen LogP contribution in [0.3, 0.4) is 0 Å². The van der Waals surface area contributed by atoms with E-state index in [2.05, 4.69) is 5.32 Å². The van der Waals surface area contributed by atoms with Gasteiger partial charge in [-0.05, 0) is 30.3 Å². The summed E-state index contributed by atoms with van der Waals surface area (Å²) in [6.45, 7) is 1.94. The molecule has 1 N–H and O–H groups in total. The Hall–Kier alpha value is -2.97. The van der Waals surface area contributed by atoms with Crippen LogP contribution in [0.4, 0.5) is 10.1 Å². The Morgan fingerprint density at radius 3 is 2.43 bits per heavy atom. The fourth-order valence-electron chi connectivity index (χ4n) is 3.22. The molecule has 1 fully saturated rings. The maximum absolute atomic E-state index is 13.2. The van der Waals surface area contributed by atoms with Crippen LogP contribution in [-0.2, 0) is 9.53 Å². The molecule has 30 heavy (non-hydrogen) atoms. The van der Waals surface area contributed by atoms with E-state index in [-0.39, 0.29) is 34.5 Å². The van der Waals surface area contributed by atoms with E-state index in [9.17, 15) is 18.8 Å². The first-order valence-electron chi connectivity index (χ1n) is 9.33. The van der Waals surface area contributed by atoms with Crippen molar-refractivity contribution in [3.8, 4) is 0 Å². The summed E-state index contributed by atoms with van der Waals surface area (Å²) in [5, 5.41) is 2.81. The Morgan fingerprint density at radius 1 is 1.07 bits per heavy atom. The van der Waals surface area contributed by atoms with E-state index in [0.29, 0.717) is 31.9 Å². The lowest BCUT2D eigenvalue weighted by Crippen LogP contribution is -2.50. The summed E-state index contributed by atoms with van der Waals surface area (Å²) in [7, 11) is 1.28. The third-order valence-electron chi connectivity index (χ3n) is 4.79. The van der Waals surface area contributed by atoms with E-state index < -0.39 is 11.8 Å². The molecule has 0 aromatic heterocycles. The predicted molar refractivity (Wildman–Crippen MR) is 110 cm³/mol. The molecule has 3 rings (SSSR count). The average Bonchev–Trinajstić information content (AvgIpc) is 2.73. The lowest BCUT2D eigenvalue weighted by Gasteiger charge is -2.34. The zero-order chi connectivity index (χ0) is 21.7.